The van der Waals surface area contributed by atoms with E-state index in [1.807, 2.05) is 0 Å². The molecular formula is C13H13F4NO3. The summed E-state index contributed by atoms with van der Waals surface area (Å²) in [5.74, 6) is -1.77. The Morgan fingerprint density at radius 1 is 1.43 bits per heavy atom. The van der Waals surface area contributed by atoms with Gasteiger partial charge in [0.25, 0.3) is 0 Å². The van der Waals surface area contributed by atoms with E-state index in [0.717, 1.165) is 12.1 Å². The number of carbonyl (C=O) groups is 2. The summed E-state index contributed by atoms with van der Waals surface area (Å²) >= 11 is 0. The standard InChI is InChI=1S/C13H13F4NO3/c1-8(21-12(20)6-18-7-19)4-9-2-3-10(14)5-11(9)13(15,16)17/h2-3,5,7-8H,4,6H2,1H3,(H,18,19). The van der Waals surface area contributed by atoms with Crippen molar-refractivity contribution in [3.05, 3.63) is 35.1 Å². The van der Waals surface area contributed by atoms with Crippen LogP contribution >= 0.6 is 0 Å². The second kappa shape index (κ2) is 7.05. The highest BCUT2D eigenvalue weighted by atomic mass is 19.4. The molecule has 1 unspecified atom stereocenters. The molecule has 0 fully saturated rings. The van der Waals surface area contributed by atoms with E-state index >= 15 is 0 Å². The van der Waals surface area contributed by atoms with E-state index in [1.54, 1.807) is 0 Å². The fraction of sp³-hybridized carbons (Fsp3) is 0.385. The second-order valence-electron chi connectivity index (χ2n) is 4.30. The minimum atomic E-state index is -4.69. The van der Waals surface area contributed by atoms with E-state index < -0.39 is 29.6 Å². The summed E-state index contributed by atoms with van der Waals surface area (Å²) in [6, 6.07) is 2.32. The number of alkyl halides is 3. The fourth-order valence-electron chi connectivity index (χ4n) is 1.73. The summed E-state index contributed by atoms with van der Waals surface area (Å²) in [5, 5.41) is 2.08. The molecule has 0 bridgehead atoms. The molecule has 0 saturated heterocycles. The van der Waals surface area contributed by atoms with Gasteiger partial charge in [-0.15, -0.1) is 0 Å². The number of benzene rings is 1. The van der Waals surface area contributed by atoms with Gasteiger partial charge in [0.05, 0.1) is 5.56 Å². The highest BCUT2D eigenvalue weighted by molar-refractivity contribution is 5.74. The number of esters is 1. The van der Waals surface area contributed by atoms with Gasteiger partial charge in [0.1, 0.15) is 18.5 Å². The number of rotatable bonds is 6. The van der Waals surface area contributed by atoms with Crippen LogP contribution in [0.1, 0.15) is 18.1 Å². The molecular weight excluding hydrogens is 294 g/mol. The summed E-state index contributed by atoms with van der Waals surface area (Å²) in [6.07, 6.45) is -5.46. The molecule has 21 heavy (non-hydrogen) atoms. The highest BCUT2D eigenvalue weighted by Crippen LogP contribution is 2.33. The molecule has 116 valence electrons. The number of hydrogen-bond donors (Lipinski definition) is 1. The lowest BCUT2D eigenvalue weighted by Gasteiger charge is -2.17. The number of ether oxygens (including phenoxy) is 1. The smallest absolute Gasteiger partial charge is 0.416 e. The predicted octanol–water partition coefficient (Wildman–Crippen LogP) is 2.06. The first-order chi connectivity index (χ1) is 9.74. The van der Waals surface area contributed by atoms with E-state index in [-0.39, 0.29) is 18.5 Å². The Labute approximate surface area is 118 Å². The molecule has 1 N–H and O–H groups in total. The van der Waals surface area contributed by atoms with Gasteiger partial charge >= 0.3 is 12.1 Å². The predicted molar refractivity (Wildman–Crippen MR) is 64.7 cm³/mol. The molecule has 0 heterocycles. The number of amides is 1. The molecule has 0 aromatic heterocycles. The summed E-state index contributed by atoms with van der Waals surface area (Å²) in [5.41, 5.74) is -1.27. The maximum atomic E-state index is 12.9. The average molecular weight is 307 g/mol. The molecule has 1 aromatic carbocycles. The maximum absolute atomic E-state index is 12.9. The lowest BCUT2D eigenvalue weighted by molar-refractivity contribution is -0.147. The van der Waals surface area contributed by atoms with Crippen LogP contribution in [0.5, 0.6) is 0 Å². The molecule has 8 heteroatoms. The molecule has 0 aliphatic heterocycles. The van der Waals surface area contributed by atoms with Crippen LogP contribution in [0.25, 0.3) is 0 Å². The minimum absolute atomic E-state index is 0.174. The number of nitrogens with one attached hydrogen (secondary N) is 1. The Balaban J connectivity index is 2.78. The van der Waals surface area contributed by atoms with Crippen LogP contribution in [0.4, 0.5) is 17.6 Å². The number of halogens is 4. The van der Waals surface area contributed by atoms with Crippen molar-refractivity contribution in [2.24, 2.45) is 0 Å². The molecule has 1 aromatic rings. The average Bonchev–Trinajstić information content (AvgIpc) is 2.37. The van der Waals surface area contributed by atoms with E-state index in [2.05, 4.69) is 5.32 Å². The molecule has 0 aliphatic rings. The molecule has 1 amide bonds. The van der Waals surface area contributed by atoms with Gasteiger partial charge in [-0.1, -0.05) is 6.07 Å². The topological polar surface area (TPSA) is 55.4 Å². The molecule has 1 rings (SSSR count). The summed E-state index contributed by atoms with van der Waals surface area (Å²) in [7, 11) is 0. The third-order valence-corrected chi connectivity index (χ3v) is 2.55. The van der Waals surface area contributed by atoms with Gasteiger partial charge in [-0.25, -0.2) is 4.39 Å². The van der Waals surface area contributed by atoms with Crippen molar-refractivity contribution in [2.45, 2.75) is 25.6 Å². The third-order valence-electron chi connectivity index (χ3n) is 2.55. The number of carbonyl (C=O) groups excluding carboxylic acids is 2. The summed E-state index contributed by atoms with van der Waals surface area (Å²) < 4.78 is 56.1. The zero-order valence-corrected chi connectivity index (χ0v) is 11.0. The first kappa shape index (κ1) is 16.9. The Hall–Kier alpha value is -2.12. The fourth-order valence-corrected chi connectivity index (χ4v) is 1.73. The SMILES string of the molecule is CC(Cc1ccc(F)cc1C(F)(F)F)OC(=O)CNC=O. The molecule has 0 aliphatic carbocycles. The summed E-state index contributed by atoms with van der Waals surface area (Å²) in [6.45, 7) is 1.03. The Kier molecular flexibility index (Phi) is 5.69. The normalized spacial score (nSPS) is 12.6. The zero-order chi connectivity index (χ0) is 16.0. The largest absolute Gasteiger partial charge is 0.461 e. The van der Waals surface area contributed by atoms with Gasteiger partial charge in [0, 0.05) is 6.42 Å². The zero-order valence-electron chi connectivity index (χ0n) is 11.0. The second-order valence-corrected chi connectivity index (χ2v) is 4.30. The molecule has 4 nitrogen and oxygen atoms in total. The van der Waals surface area contributed by atoms with Gasteiger partial charge in [0.15, 0.2) is 0 Å². The Bertz CT molecular complexity index is 517. The van der Waals surface area contributed by atoms with Crippen molar-refractivity contribution in [3.63, 3.8) is 0 Å². The van der Waals surface area contributed by atoms with Crippen LogP contribution in [0.15, 0.2) is 18.2 Å². The monoisotopic (exact) mass is 307 g/mol. The molecule has 0 spiro atoms. The van der Waals surface area contributed by atoms with E-state index in [1.165, 1.54) is 6.92 Å². The van der Waals surface area contributed by atoms with Crippen molar-refractivity contribution in [1.82, 2.24) is 5.32 Å². The van der Waals surface area contributed by atoms with Crippen LogP contribution in [0.3, 0.4) is 0 Å². The van der Waals surface area contributed by atoms with Crippen LogP contribution in [-0.2, 0) is 26.9 Å². The molecule has 1 atom stereocenters. The van der Waals surface area contributed by atoms with Crippen molar-refractivity contribution < 1.29 is 31.9 Å². The van der Waals surface area contributed by atoms with Crippen LogP contribution < -0.4 is 5.32 Å². The first-order valence-corrected chi connectivity index (χ1v) is 5.96. The minimum Gasteiger partial charge on any atom is -0.461 e. The van der Waals surface area contributed by atoms with E-state index in [9.17, 15) is 27.2 Å². The molecule has 0 saturated carbocycles. The Morgan fingerprint density at radius 2 is 2.10 bits per heavy atom. The lowest BCUT2D eigenvalue weighted by atomic mass is 10.0. The maximum Gasteiger partial charge on any atom is 0.416 e. The van der Waals surface area contributed by atoms with Gasteiger partial charge in [-0.3, -0.25) is 9.59 Å². The molecule has 0 radical (unpaired) electrons. The van der Waals surface area contributed by atoms with Crippen LogP contribution in [0, 0.1) is 5.82 Å². The highest BCUT2D eigenvalue weighted by Gasteiger charge is 2.34. The van der Waals surface area contributed by atoms with E-state index in [4.69, 9.17) is 4.74 Å². The van der Waals surface area contributed by atoms with Crippen molar-refractivity contribution in [1.29, 1.82) is 0 Å². The van der Waals surface area contributed by atoms with Crippen LogP contribution in [-0.4, -0.2) is 25.0 Å². The van der Waals surface area contributed by atoms with Gasteiger partial charge in [-0.05, 0) is 24.6 Å². The van der Waals surface area contributed by atoms with Gasteiger partial charge < -0.3 is 10.1 Å². The van der Waals surface area contributed by atoms with Crippen LogP contribution in [0.2, 0.25) is 0 Å². The van der Waals surface area contributed by atoms with E-state index in [0.29, 0.717) is 12.5 Å². The van der Waals surface area contributed by atoms with Crippen molar-refractivity contribution in [3.8, 4) is 0 Å². The third kappa shape index (κ3) is 5.41. The van der Waals surface area contributed by atoms with Crippen molar-refractivity contribution >= 4 is 12.4 Å². The van der Waals surface area contributed by atoms with Gasteiger partial charge in [0.2, 0.25) is 6.41 Å². The lowest BCUT2D eigenvalue weighted by Crippen LogP contribution is -2.27. The van der Waals surface area contributed by atoms with Crippen molar-refractivity contribution in [2.75, 3.05) is 6.54 Å². The number of hydrogen-bond acceptors (Lipinski definition) is 3. The Morgan fingerprint density at radius 3 is 2.67 bits per heavy atom. The first-order valence-electron chi connectivity index (χ1n) is 5.96. The summed E-state index contributed by atoms with van der Waals surface area (Å²) in [4.78, 5) is 21.2. The quantitative estimate of drug-likeness (QED) is 0.497. The van der Waals surface area contributed by atoms with Gasteiger partial charge in [-0.2, -0.15) is 13.2 Å².